The van der Waals surface area contributed by atoms with Gasteiger partial charge >= 0.3 is 11.9 Å². The second kappa shape index (κ2) is 12.9. The van der Waals surface area contributed by atoms with E-state index in [0.29, 0.717) is 11.5 Å². The summed E-state index contributed by atoms with van der Waals surface area (Å²) in [4.78, 5) is 36.1. The predicted molar refractivity (Wildman–Crippen MR) is 160 cm³/mol. The summed E-state index contributed by atoms with van der Waals surface area (Å²) in [7, 11) is 0. The van der Waals surface area contributed by atoms with Gasteiger partial charge in [0.2, 0.25) is 0 Å². The lowest BCUT2D eigenvalue weighted by atomic mass is 9.84. The lowest BCUT2D eigenvalue weighted by Gasteiger charge is -2.34. The van der Waals surface area contributed by atoms with E-state index >= 15 is 0 Å². The van der Waals surface area contributed by atoms with Crippen LogP contribution in [0.5, 0.6) is 11.5 Å². The van der Waals surface area contributed by atoms with Crippen LogP contribution in [0.25, 0.3) is 0 Å². The number of hydrogen-bond donors (Lipinski definition) is 0. The first-order valence-electron chi connectivity index (χ1n) is 16.1. The molecular formula is C33H48N4O4. The van der Waals surface area contributed by atoms with Crippen molar-refractivity contribution in [3.05, 3.63) is 34.9 Å². The van der Waals surface area contributed by atoms with Crippen LogP contribution in [0.1, 0.15) is 75.8 Å². The molecule has 8 nitrogen and oxygen atoms in total. The van der Waals surface area contributed by atoms with Crippen LogP contribution in [-0.4, -0.2) is 109 Å². The standard InChI is InChI=1S/C33H48N4O4/c1-3-25-20-29(40-31(38)22-34-11-15-36(16-12-34)27-7-8-27)33(26-6-4-5-24(2)19-26)30(21-25)41-32(39)23-35-13-17-37(18-14-35)28-9-10-28/h19-21,26-28H,3-18,22-23H2,1-2H3. The van der Waals surface area contributed by atoms with Crippen molar-refractivity contribution < 1.29 is 19.1 Å². The number of hydrogen-bond acceptors (Lipinski definition) is 8. The number of carbonyl (C=O) groups excluding carboxylic acids is 2. The third-order valence-corrected chi connectivity index (χ3v) is 9.61. The topological polar surface area (TPSA) is 65.6 Å². The summed E-state index contributed by atoms with van der Waals surface area (Å²) in [5.41, 5.74) is 3.18. The number of aryl methyl sites for hydroxylation is 1. The fourth-order valence-corrected chi connectivity index (χ4v) is 6.86. The van der Waals surface area contributed by atoms with E-state index in [-0.39, 0.29) is 30.9 Å². The van der Waals surface area contributed by atoms with Crippen molar-refractivity contribution in [1.29, 1.82) is 0 Å². The van der Waals surface area contributed by atoms with Gasteiger partial charge in [0.05, 0.1) is 13.1 Å². The molecule has 0 aromatic heterocycles. The Morgan fingerprint density at radius 1 is 0.756 bits per heavy atom. The Labute approximate surface area is 245 Å². The summed E-state index contributed by atoms with van der Waals surface area (Å²) in [6, 6.07) is 5.52. The Kier molecular flexibility index (Phi) is 9.10. The molecule has 1 aromatic rings. The molecule has 4 fully saturated rings. The lowest BCUT2D eigenvalue weighted by molar-refractivity contribution is -0.136. The van der Waals surface area contributed by atoms with Gasteiger partial charge in [-0.15, -0.1) is 0 Å². The van der Waals surface area contributed by atoms with E-state index in [0.717, 1.165) is 101 Å². The quantitative estimate of drug-likeness (QED) is 0.241. The van der Waals surface area contributed by atoms with Crippen LogP contribution in [0, 0.1) is 0 Å². The predicted octanol–water partition coefficient (Wildman–Crippen LogP) is 3.83. The Morgan fingerprint density at radius 2 is 1.24 bits per heavy atom. The van der Waals surface area contributed by atoms with Crippen molar-refractivity contribution in [1.82, 2.24) is 19.6 Å². The maximum absolute atomic E-state index is 13.3. The molecule has 2 saturated carbocycles. The molecule has 8 heteroatoms. The highest BCUT2D eigenvalue weighted by molar-refractivity contribution is 5.78. The fourth-order valence-electron chi connectivity index (χ4n) is 6.86. The molecule has 1 atom stereocenters. The van der Waals surface area contributed by atoms with E-state index in [1.165, 1.54) is 31.3 Å². The van der Waals surface area contributed by atoms with Crippen molar-refractivity contribution in [2.75, 3.05) is 65.4 Å². The number of nitrogens with zero attached hydrogens (tertiary/aromatic N) is 4. The minimum Gasteiger partial charge on any atom is -0.425 e. The molecule has 0 bridgehead atoms. The molecule has 0 spiro atoms. The lowest BCUT2D eigenvalue weighted by Crippen LogP contribution is -2.49. The molecule has 3 aliphatic carbocycles. The molecule has 224 valence electrons. The summed E-state index contributed by atoms with van der Waals surface area (Å²) < 4.78 is 12.3. The van der Waals surface area contributed by atoms with Gasteiger partial charge in [0.1, 0.15) is 11.5 Å². The second-order valence-electron chi connectivity index (χ2n) is 12.9. The summed E-state index contributed by atoms with van der Waals surface area (Å²) in [6.45, 7) is 12.5. The Balaban J connectivity index is 1.16. The number of carbonyl (C=O) groups is 2. The average molecular weight is 565 g/mol. The first-order chi connectivity index (χ1) is 19.9. The van der Waals surface area contributed by atoms with Gasteiger partial charge in [-0.1, -0.05) is 18.6 Å². The maximum Gasteiger partial charge on any atom is 0.325 e. The highest BCUT2D eigenvalue weighted by Crippen LogP contribution is 2.43. The smallest absolute Gasteiger partial charge is 0.325 e. The minimum absolute atomic E-state index is 0.0597. The summed E-state index contributed by atoms with van der Waals surface area (Å²) in [6.07, 6.45) is 11.4. The van der Waals surface area contributed by atoms with E-state index in [4.69, 9.17) is 9.47 Å². The van der Waals surface area contributed by atoms with Crippen LogP contribution in [0.15, 0.2) is 23.8 Å². The van der Waals surface area contributed by atoms with Crippen molar-refractivity contribution in [3.8, 4) is 11.5 Å². The second-order valence-corrected chi connectivity index (χ2v) is 12.9. The molecule has 5 aliphatic rings. The summed E-state index contributed by atoms with van der Waals surface area (Å²) in [5.74, 6) is 0.707. The zero-order valence-corrected chi connectivity index (χ0v) is 25.1. The van der Waals surface area contributed by atoms with Crippen molar-refractivity contribution in [2.24, 2.45) is 0 Å². The third-order valence-electron chi connectivity index (χ3n) is 9.61. The van der Waals surface area contributed by atoms with Gasteiger partial charge in [-0.25, -0.2) is 0 Å². The molecule has 0 radical (unpaired) electrons. The Hall–Kier alpha value is -2.26. The average Bonchev–Trinajstić information content (AvgIpc) is 3.87. The zero-order chi connectivity index (χ0) is 28.3. The van der Waals surface area contributed by atoms with E-state index in [9.17, 15) is 9.59 Å². The van der Waals surface area contributed by atoms with E-state index in [1.807, 2.05) is 12.1 Å². The molecule has 0 N–H and O–H groups in total. The summed E-state index contributed by atoms with van der Waals surface area (Å²) >= 11 is 0. The Morgan fingerprint density at radius 3 is 1.66 bits per heavy atom. The largest absolute Gasteiger partial charge is 0.425 e. The van der Waals surface area contributed by atoms with E-state index < -0.39 is 0 Å². The highest BCUT2D eigenvalue weighted by atomic mass is 16.5. The van der Waals surface area contributed by atoms with Crippen LogP contribution in [0.3, 0.4) is 0 Å². The normalized spacial score (nSPS) is 25.1. The van der Waals surface area contributed by atoms with E-state index in [1.54, 1.807) is 0 Å². The molecule has 1 aromatic carbocycles. The summed E-state index contributed by atoms with van der Waals surface area (Å²) in [5, 5.41) is 0. The molecule has 2 heterocycles. The van der Waals surface area contributed by atoms with Crippen molar-refractivity contribution in [3.63, 3.8) is 0 Å². The Bertz CT molecular complexity index is 1060. The molecule has 41 heavy (non-hydrogen) atoms. The van der Waals surface area contributed by atoms with Crippen molar-refractivity contribution in [2.45, 2.75) is 83.2 Å². The molecule has 1 unspecified atom stereocenters. The van der Waals surface area contributed by atoms with Gasteiger partial charge in [0.15, 0.2) is 0 Å². The molecular weight excluding hydrogens is 516 g/mol. The number of benzene rings is 1. The van der Waals surface area contributed by atoms with Crippen LogP contribution >= 0.6 is 0 Å². The van der Waals surface area contributed by atoms with Crippen LogP contribution in [-0.2, 0) is 16.0 Å². The first-order valence-corrected chi connectivity index (χ1v) is 16.1. The monoisotopic (exact) mass is 564 g/mol. The minimum atomic E-state index is -0.235. The SMILES string of the molecule is CCc1cc(OC(=O)CN2CCN(C3CC3)CC2)c(C2C=C(C)CCC2)c(OC(=O)CN2CCN(C3CC3)CC2)c1. The van der Waals surface area contributed by atoms with E-state index in [2.05, 4.69) is 39.5 Å². The molecule has 2 aliphatic heterocycles. The maximum atomic E-state index is 13.3. The van der Waals surface area contributed by atoms with Gasteiger partial charge in [-0.2, -0.15) is 0 Å². The van der Waals surface area contributed by atoms with Crippen LogP contribution in [0.2, 0.25) is 0 Å². The number of ether oxygens (including phenoxy) is 2. The van der Waals surface area contributed by atoms with Crippen LogP contribution < -0.4 is 9.47 Å². The van der Waals surface area contributed by atoms with Gasteiger partial charge in [0, 0.05) is 75.9 Å². The first kappa shape index (κ1) is 28.8. The zero-order valence-electron chi connectivity index (χ0n) is 25.1. The third kappa shape index (κ3) is 7.58. The van der Waals surface area contributed by atoms with Gasteiger partial charge < -0.3 is 9.47 Å². The molecule has 6 rings (SSSR count). The number of allylic oxidation sites excluding steroid dienone is 2. The molecule has 0 amide bonds. The van der Waals surface area contributed by atoms with Gasteiger partial charge in [-0.3, -0.25) is 29.2 Å². The van der Waals surface area contributed by atoms with Crippen molar-refractivity contribution >= 4 is 11.9 Å². The number of rotatable bonds is 10. The highest BCUT2D eigenvalue weighted by Gasteiger charge is 2.33. The van der Waals surface area contributed by atoms with Gasteiger partial charge in [-0.05, 0) is 76.0 Å². The van der Waals surface area contributed by atoms with Crippen LogP contribution in [0.4, 0.5) is 0 Å². The molecule has 2 saturated heterocycles. The number of piperazine rings is 2. The van der Waals surface area contributed by atoms with Gasteiger partial charge in [0.25, 0.3) is 0 Å². The fraction of sp³-hybridized carbons (Fsp3) is 0.697. The number of esters is 2.